The van der Waals surface area contributed by atoms with Crippen LogP contribution < -0.4 is 24.8 Å². The number of fused-ring (bicyclic) bond motifs is 3. The van der Waals surface area contributed by atoms with Crippen LogP contribution in [0.25, 0.3) is 21.5 Å². The molecule has 3 aromatic rings. The maximum atomic E-state index is 3.40. The number of hydrogen-bond acceptors (Lipinski definition) is 0. The molecule has 4 rings (SSSR count). The molecule has 0 fully saturated rings. The van der Waals surface area contributed by atoms with Gasteiger partial charge < -0.3 is 24.8 Å². The molecule has 0 aliphatic heterocycles. The Morgan fingerprint density at radius 2 is 1.15 bits per heavy atom. The molecule has 3 aromatic carbocycles. The summed E-state index contributed by atoms with van der Waals surface area (Å²) in [7, 11) is 0. The smallest absolute Gasteiger partial charge is 0.0142 e. The molecule has 226 valence electrons. The van der Waals surface area contributed by atoms with Gasteiger partial charge in [-0.2, -0.15) is 11.6 Å². The van der Waals surface area contributed by atoms with Crippen molar-refractivity contribution in [3.63, 3.8) is 0 Å². The van der Waals surface area contributed by atoms with E-state index in [4.69, 9.17) is 0 Å². The molecular weight excluding hydrogens is 619 g/mol. The second-order valence-electron chi connectivity index (χ2n) is 14.7. The Morgan fingerprint density at radius 1 is 0.756 bits per heavy atom. The van der Waals surface area contributed by atoms with Crippen molar-refractivity contribution >= 4 is 24.8 Å². The first kappa shape index (κ1) is 40.1. The molecule has 0 N–H and O–H groups in total. The van der Waals surface area contributed by atoms with E-state index in [0.717, 1.165) is 0 Å². The van der Waals surface area contributed by atoms with E-state index in [1.165, 1.54) is 65.4 Å². The van der Waals surface area contributed by atoms with Crippen molar-refractivity contribution in [2.75, 3.05) is 0 Å². The molecule has 0 saturated heterocycles. The van der Waals surface area contributed by atoms with Crippen molar-refractivity contribution in [3.8, 4) is 0 Å². The standard InChI is InChI=1S/C23H29.C12H19.C3H6.2ClH.Zr/c1-14-9-16-11-17-10-15(2)21(23(6,7)8)13-19(17)18(16)12-20(14)22(3,4)5;1-5-6-10-7-8-11(9-10)12(2,3)4;1-3-2;;;/h9-13H,1-8H3;8-10H,5-6H2,1-4H3;1-2H3;2*1H;/q2*-1;;;;+2/p-2. The van der Waals surface area contributed by atoms with Crippen LogP contribution in [0, 0.1) is 31.3 Å². The molecule has 0 bridgehead atoms. The average Bonchev–Trinajstić information content (AvgIpc) is 3.35. The van der Waals surface area contributed by atoms with E-state index in [0.29, 0.717) is 11.3 Å². The Balaban J connectivity index is 0.000000754. The van der Waals surface area contributed by atoms with Gasteiger partial charge in [0.2, 0.25) is 0 Å². The largest absolute Gasteiger partial charge is 1.00 e. The molecule has 3 heteroatoms. The van der Waals surface area contributed by atoms with Gasteiger partial charge in [-0.3, -0.25) is 6.08 Å². The normalized spacial score (nSPS) is 14.8. The van der Waals surface area contributed by atoms with Crippen molar-refractivity contribution < 1.29 is 49.0 Å². The maximum Gasteiger partial charge on any atom is -0.0142 e. The van der Waals surface area contributed by atoms with Gasteiger partial charge in [0.25, 0.3) is 0 Å². The molecule has 0 radical (unpaired) electrons. The Bertz CT molecular complexity index is 1280. The van der Waals surface area contributed by atoms with Crippen LogP contribution in [-0.4, -0.2) is 3.21 Å². The predicted molar refractivity (Wildman–Crippen MR) is 174 cm³/mol. The molecule has 41 heavy (non-hydrogen) atoms. The Labute approximate surface area is 280 Å². The van der Waals surface area contributed by atoms with Crippen LogP contribution in [0.3, 0.4) is 0 Å². The first-order chi connectivity index (χ1) is 17.8. The van der Waals surface area contributed by atoms with Gasteiger partial charge in [0, 0.05) is 0 Å². The van der Waals surface area contributed by atoms with E-state index in [1.807, 2.05) is 0 Å². The molecule has 0 spiro atoms. The summed E-state index contributed by atoms with van der Waals surface area (Å²) >= 11 is 1.55. The molecule has 1 atom stereocenters. The number of allylic oxidation sites excluding steroid dienone is 4. The molecule has 0 saturated carbocycles. The van der Waals surface area contributed by atoms with Crippen LogP contribution in [0.2, 0.25) is 0 Å². The number of halogens is 2. The van der Waals surface area contributed by atoms with Crippen molar-refractivity contribution in [2.45, 2.75) is 121 Å². The van der Waals surface area contributed by atoms with E-state index < -0.39 is 0 Å². The van der Waals surface area contributed by atoms with E-state index >= 15 is 0 Å². The van der Waals surface area contributed by atoms with E-state index in [9.17, 15) is 0 Å². The molecular formula is C38H54Cl2Zr-2. The van der Waals surface area contributed by atoms with Gasteiger partial charge in [-0.15, -0.1) is 39.7 Å². The second-order valence-corrected chi connectivity index (χ2v) is 17.2. The SMILES string of the molecule is CCCC1[C-]=CC(C(C)(C)C)=C1.C[C](C)=[Zr+2].Cc1cc2[cH-]c3cc(C)c(C(C)(C)C)cc3c2cc1C(C)(C)C.[Cl-].[Cl-]. The predicted octanol–water partition coefficient (Wildman–Crippen LogP) is 5.43. The summed E-state index contributed by atoms with van der Waals surface area (Å²) in [5, 5.41) is 5.55. The third-order valence-corrected chi connectivity index (χ3v) is 7.31. The maximum absolute atomic E-state index is 3.40. The zero-order valence-electron chi connectivity index (χ0n) is 28.3. The van der Waals surface area contributed by atoms with Gasteiger partial charge in [-0.05, 0) is 24.7 Å². The first-order valence-corrected chi connectivity index (χ1v) is 16.0. The minimum Gasteiger partial charge on any atom is -1.00 e. The third kappa shape index (κ3) is 11.3. The van der Waals surface area contributed by atoms with Gasteiger partial charge in [0.15, 0.2) is 0 Å². The summed E-state index contributed by atoms with van der Waals surface area (Å²) in [5.74, 6) is 0.587. The zero-order valence-corrected chi connectivity index (χ0v) is 32.3. The van der Waals surface area contributed by atoms with Gasteiger partial charge in [-0.25, -0.2) is 6.08 Å². The van der Waals surface area contributed by atoms with Crippen molar-refractivity contribution in [2.24, 2.45) is 11.3 Å². The molecule has 1 unspecified atom stereocenters. The van der Waals surface area contributed by atoms with Gasteiger partial charge >= 0.3 is 41.3 Å². The van der Waals surface area contributed by atoms with E-state index in [-0.39, 0.29) is 35.6 Å². The number of hydrogen-bond donors (Lipinski definition) is 0. The van der Waals surface area contributed by atoms with Crippen molar-refractivity contribution in [1.29, 1.82) is 0 Å². The molecule has 1 aliphatic carbocycles. The van der Waals surface area contributed by atoms with Crippen LogP contribution in [0.1, 0.15) is 118 Å². The average molecular weight is 673 g/mol. The van der Waals surface area contributed by atoms with Crippen molar-refractivity contribution in [3.05, 3.63) is 76.4 Å². The summed E-state index contributed by atoms with van der Waals surface area (Å²) in [6, 6.07) is 11.9. The fourth-order valence-corrected chi connectivity index (χ4v) is 5.40. The Hall–Kier alpha value is -0.877. The van der Waals surface area contributed by atoms with Crippen LogP contribution in [0.4, 0.5) is 0 Å². The van der Waals surface area contributed by atoms with Crippen molar-refractivity contribution in [1.82, 2.24) is 0 Å². The number of rotatable bonds is 2. The number of aryl methyl sites for hydroxylation is 2. The zero-order chi connectivity index (χ0) is 29.9. The summed E-state index contributed by atoms with van der Waals surface area (Å²) in [6.07, 6.45) is 10.4. The van der Waals surface area contributed by atoms with Crippen LogP contribution in [-0.2, 0) is 35.1 Å². The molecule has 0 aromatic heterocycles. The monoisotopic (exact) mass is 670 g/mol. The second kappa shape index (κ2) is 15.7. The Kier molecular flexibility index (Phi) is 15.4. The van der Waals surface area contributed by atoms with Gasteiger partial charge in [-0.1, -0.05) is 128 Å². The fourth-order valence-electron chi connectivity index (χ4n) is 5.40. The summed E-state index contributed by atoms with van der Waals surface area (Å²) in [5.41, 5.74) is 7.81. The van der Waals surface area contributed by atoms with Gasteiger partial charge in [0.05, 0.1) is 0 Å². The van der Waals surface area contributed by atoms with E-state index in [2.05, 4.69) is 145 Å². The van der Waals surface area contributed by atoms with E-state index in [1.54, 1.807) is 24.2 Å². The fraction of sp³-hybridized carbons (Fsp3) is 0.526. The summed E-state index contributed by atoms with van der Waals surface area (Å²) < 4.78 is 1.51. The minimum absolute atomic E-state index is 0. The molecule has 0 heterocycles. The Morgan fingerprint density at radius 3 is 1.44 bits per heavy atom. The number of benzene rings is 2. The first-order valence-electron chi connectivity index (χ1n) is 14.7. The topological polar surface area (TPSA) is 0 Å². The molecule has 0 amide bonds. The third-order valence-electron chi connectivity index (χ3n) is 7.31. The molecule has 1 aliphatic rings. The van der Waals surface area contributed by atoms with Gasteiger partial charge in [0.1, 0.15) is 0 Å². The van der Waals surface area contributed by atoms with Crippen LogP contribution in [0.5, 0.6) is 0 Å². The van der Waals surface area contributed by atoms with Crippen LogP contribution >= 0.6 is 0 Å². The summed E-state index contributed by atoms with van der Waals surface area (Å²) in [4.78, 5) is 0. The molecule has 0 nitrogen and oxygen atoms in total. The summed E-state index contributed by atoms with van der Waals surface area (Å²) in [6.45, 7) is 31.5. The minimum atomic E-state index is 0. The van der Waals surface area contributed by atoms with Crippen LogP contribution in [0.15, 0.2) is 48.1 Å². The quantitative estimate of drug-likeness (QED) is 0.319.